The fraction of sp³-hybridized carbons (Fsp3) is 0.167. The van der Waals surface area contributed by atoms with Crippen molar-refractivity contribution in [3.8, 4) is 23.0 Å². The highest BCUT2D eigenvalue weighted by Crippen LogP contribution is 2.38. The highest BCUT2D eigenvalue weighted by molar-refractivity contribution is 5.93. The second kappa shape index (κ2) is 7.04. The van der Waals surface area contributed by atoms with E-state index in [2.05, 4.69) is 9.97 Å². The first-order chi connectivity index (χ1) is 12.2. The highest BCUT2D eigenvalue weighted by atomic mass is 16.5. The van der Waals surface area contributed by atoms with E-state index in [1.807, 2.05) is 0 Å². The normalized spacial score (nSPS) is 10.4. The first-order valence-electron chi connectivity index (χ1n) is 7.39. The molecule has 0 aliphatic carbocycles. The van der Waals surface area contributed by atoms with Crippen molar-refractivity contribution < 1.29 is 23.7 Å². The molecule has 0 spiro atoms. The maximum Gasteiger partial charge on any atom is 0.343 e. The largest absolute Gasteiger partial charge is 0.493 e. The molecule has 3 rings (SSSR count). The van der Waals surface area contributed by atoms with Crippen molar-refractivity contribution in [2.75, 3.05) is 21.3 Å². The van der Waals surface area contributed by atoms with Gasteiger partial charge in [-0.1, -0.05) is 0 Å². The monoisotopic (exact) mass is 340 g/mol. The van der Waals surface area contributed by atoms with Crippen molar-refractivity contribution in [2.24, 2.45) is 0 Å². The standard InChI is InChI=1S/C18H16N2O5/c1-22-15-8-11(9-16(23-2)17(15)24-3)18(21)25-12-4-5-13-14(10-12)20-7-6-19-13/h4-10H,1-3H3. The van der Waals surface area contributed by atoms with Crippen molar-refractivity contribution in [1.82, 2.24) is 9.97 Å². The second-order valence-electron chi connectivity index (χ2n) is 5.01. The van der Waals surface area contributed by atoms with Gasteiger partial charge in [-0.2, -0.15) is 0 Å². The smallest absolute Gasteiger partial charge is 0.343 e. The fourth-order valence-electron chi connectivity index (χ4n) is 2.37. The van der Waals surface area contributed by atoms with Crippen LogP contribution in [-0.4, -0.2) is 37.3 Å². The van der Waals surface area contributed by atoms with Gasteiger partial charge < -0.3 is 18.9 Å². The molecule has 0 N–H and O–H groups in total. The summed E-state index contributed by atoms with van der Waals surface area (Å²) in [5.41, 5.74) is 1.63. The second-order valence-corrected chi connectivity index (χ2v) is 5.01. The third kappa shape index (κ3) is 3.30. The number of nitrogens with zero attached hydrogens (tertiary/aromatic N) is 2. The van der Waals surface area contributed by atoms with E-state index < -0.39 is 5.97 Å². The lowest BCUT2D eigenvalue weighted by molar-refractivity contribution is 0.0734. The maximum absolute atomic E-state index is 12.5. The Labute approximate surface area is 144 Å². The van der Waals surface area contributed by atoms with Gasteiger partial charge in [-0.25, -0.2) is 4.79 Å². The third-order valence-electron chi connectivity index (χ3n) is 3.55. The zero-order valence-corrected chi connectivity index (χ0v) is 14.0. The summed E-state index contributed by atoms with van der Waals surface area (Å²) in [6, 6.07) is 8.11. The maximum atomic E-state index is 12.5. The number of ether oxygens (including phenoxy) is 4. The Morgan fingerprint density at radius 1 is 0.840 bits per heavy atom. The van der Waals surface area contributed by atoms with Gasteiger partial charge in [-0.15, -0.1) is 0 Å². The van der Waals surface area contributed by atoms with Crippen LogP contribution in [-0.2, 0) is 0 Å². The number of aromatic nitrogens is 2. The first-order valence-corrected chi connectivity index (χ1v) is 7.39. The summed E-state index contributed by atoms with van der Waals surface area (Å²) in [7, 11) is 4.46. The average molecular weight is 340 g/mol. The molecular formula is C18H16N2O5. The minimum atomic E-state index is -0.553. The average Bonchev–Trinajstić information content (AvgIpc) is 2.66. The van der Waals surface area contributed by atoms with Crippen LogP contribution >= 0.6 is 0 Å². The molecule has 0 unspecified atom stereocenters. The van der Waals surface area contributed by atoms with Crippen LogP contribution < -0.4 is 18.9 Å². The Morgan fingerprint density at radius 3 is 2.08 bits per heavy atom. The van der Waals surface area contributed by atoms with Gasteiger partial charge >= 0.3 is 5.97 Å². The van der Waals surface area contributed by atoms with Crippen LogP contribution in [0.15, 0.2) is 42.7 Å². The fourth-order valence-corrected chi connectivity index (χ4v) is 2.37. The number of hydrogen-bond acceptors (Lipinski definition) is 7. The zero-order valence-electron chi connectivity index (χ0n) is 14.0. The van der Waals surface area contributed by atoms with Crippen molar-refractivity contribution in [2.45, 2.75) is 0 Å². The molecule has 0 saturated heterocycles. The molecule has 7 nitrogen and oxygen atoms in total. The molecule has 0 aliphatic heterocycles. The van der Waals surface area contributed by atoms with Gasteiger partial charge in [-0.05, 0) is 24.3 Å². The lowest BCUT2D eigenvalue weighted by atomic mass is 10.2. The summed E-state index contributed by atoms with van der Waals surface area (Å²) in [6.45, 7) is 0. The summed E-state index contributed by atoms with van der Waals surface area (Å²) in [5.74, 6) is 0.966. The minimum Gasteiger partial charge on any atom is -0.493 e. The van der Waals surface area contributed by atoms with Crippen molar-refractivity contribution in [3.63, 3.8) is 0 Å². The molecule has 0 aliphatic rings. The van der Waals surface area contributed by atoms with Gasteiger partial charge in [0.05, 0.1) is 37.9 Å². The van der Waals surface area contributed by atoms with Crippen LogP contribution in [0.4, 0.5) is 0 Å². The Bertz CT molecular complexity index is 901. The Morgan fingerprint density at radius 2 is 1.48 bits per heavy atom. The van der Waals surface area contributed by atoms with Gasteiger partial charge in [0.1, 0.15) is 5.75 Å². The van der Waals surface area contributed by atoms with E-state index >= 15 is 0 Å². The highest BCUT2D eigenvalue weighted by Gasteiger charge is 2.18. The van der Waals surface area contributed by atoms with Crippen LogP contribution in [0, 0.1) is 0 Å². The molecule has 128 valence electrons. The Balaban J connectivity index is 1.91. The van der Waals surface area contributed by atoms with Crippen LogP contribution in [0.5, 0.6) is 23.0 Å². The van der Waals surface area contributed by atoms with E-state index in [0.717, 1.165) is 5.52 Å². The zero-order chi connectivity index (χ0) is 17.8. The number of hydrogen-bond donors (Lipinski definition) is 0. The van der Waals surface area contributed by atoms with E-state index in [0.29, 0.717) is 28.5 Å². The van der Waals surface area contributed by atoms with E-state index in [4.69, 9.17) is 18.9 Å². The summed E-state index contributed by atoms with van der Waals surface area (Å²) in [4.78, 5) is 20.8. The molecule has 0 amide bonds. The predicted octanol–water partition coefficient (Wildman–Crippen LogP) is 2.87. The SMILES string of the molecule is COc1cc(C(=O)Oc2ccc3nccnc3c2)cc(OC)c1OC. The molecule has 25 heavy (non-hydrogen) atoms. The number of esters is 1. The molecule has 1 heterocycles. The molecule has 3 aromatic rings. The van der Waals surface area contributed by atoms with Crippen LogP contribution in [0.2, 0.25) is 0 Å². The molecular weight excluding hydrogens is 324 g/mol. The quantitative estimate of drug-likeness (QED) is 0.522. The van der Waals surface area contributed by atoms with Crippen molar-refractivity contribution >= 4 is 17.0 Å². The number of carbonyl (C=O) groups excluding carboxylic acids is 1. The molecule has 1 aromatic heterocycles. The molecule has 0 bridgehead atoms. The molecule has 0 atom stereocenters. The van der Waals surface area contributed by atoms with E-state index in [1.54, 1.807) is 30.6 Å². The minimum absolute atomic E-state index is 0.272. The first kappa shape index (κ1) is 16.5. The lowest BCUT2D eigenvalue weighted by Gasteiger charge is -2.13. The molecule has 0 radical (unpaired) electrons. The third-order valence-corrected chi connectivity index (χ3v) is 3.55. The van der Waals surface area contributed by atoms with Crippen molar-refractivity contribution in [3.05, 3.63) is 48.3 Å². The molecule has 7 heteroatoms. The molecule has 0 saturated carbocycles. The van der Waals surface area contributed by atoms with Gasteiger partial charge in [0.25, 0.3) is 0 Å². The summed E-state index contributed by atoms with van der Waals surface area (Å²) < 4.78 is 21.2. The summed E-state index contributed by atoms with van der Waals surface area (Å²) in [5, 5.41) is 0. The number of fused-ring (bicyclic) bond motifs is 1. The number of benzene rings is 2. The Hall–Kier alpha value is -3.35. The number of carbonyl (C=O) groups is 1. The Kier molecular flexibility index (Phi) is 4.65. The van der Waals surface area contributed by atoms with Gasteiger partial charge in [-0.3, -0.25) is 9.97 Å². The predicted molar refractivity (Wildman–Crippen MR) is 90.6 cm³/mol. The topological polar surface area (TPSA) is 79.8 Å². The van der Waals surface area contributed by atoms with Gasteiger partial charge in [0.15, 0.2) is 11.5 Å². The van der Waals surface area contributed by atoms with E-state index in [1.165, 1.54) is 33.5 Å². The van der Waals surface area contributed by atoms with E-state index in [-0.39, 0.29) is 5.56 Å². The van der Waals surface area contributed by atoms with Crippen LogP contribution in [0.25, 0.3) is 11.0 Å². The lowest BCUT2D eigenvalue weighted by Crippen LogP contribution is -2.09. The summed E-state index contributed by atoms with van der Waals surface area (Å²) in [6.07, 6.45) is 3.18. The molecule has 2 aromatic carbocycles. The van der Waals surface area contributed by atoms with Crippen LogP contribution in [0.1, 0.15) is 10.4 Å². The van der Waals surface area contributed by atoms with Gasteiger partial charge in [0.2, 0.25) is 5.75 Å². The number of rotatable bonds is 5. The molecule has 0 fully saturated rings. The van der Waals surface area contributed by atoms with E-state index in [9.17, 15) is 4.79 Å². The van der Waals surface area contributed by atoms with Crippen molar-refractivity contribution in [1.29, 1.82) is 0 Å². The number of methoxy groups -OCH3 is 3. The van der Waals surface area contributed by atoms with Crippen LogP contribution in [0.3, 0.4) is 0 Å². The summed E-state index contributed by atoms with van der Waals surface area (Å²) >= 11 is 0. The van der Waals surface area contributed by atoms with Gasteiger partial charge in [0, 0.05) is 18.5 Å².